The maximum atomic E-state index is 10.8. The second-order valence-corrected chi connectivity index (χ2v) is 8.74. The van der Waals surface area contributed by atoms with Crippen LogP contribution in [0.3, 0.4) is 0 Å². The molecule has 140 valence electrons. The minimum absolute atomic E-state index is 0.0119. The molecule has 0 unspecified atom stereocenters. The lowest BCUT2D eigenvalue weighted by Crippen LogP contribution is -2.29. The van der Waals surface area contributed by atoms with E-state index in [1.165, 1.54) is 33.9 Å². The van der Waals surface area contributed by atoms with Crippen LogP contribution in [0.2, 0.25) is 0 Å². The van der Waals surface area contributed by atoms with Gasteiger partial charge >= 0.3 is 5.97 Å². The van der Waals surface area contributed by atoms with Crippen LogP contribution < -0.4 is 0 Å². The van der Waals surface area contributed by atoms with Gasteiger partial charge in [0.25, 0.3) is 0 Å². The van der Waals surface area contributed by atoms with Crippen molar-refractivity contribution in [2.45, 2.75) is 52.4 Å². The van der Waals surface area contributed by atoms with Crippen LogP contribution in [-0.4, -0.2) is 11.1 Å². The highest BCUT2D eigenvalue weighted by molar-refractivity contribution is 5.86. The summed E-state index contributed by atoms with van der Waals surface area (Å²) < 4.78 is 0. The number of aliphatic carboxylic acids is 1. The first-order chi connectivity index (χ1) is 12.5. The third kappa shape index (κ3) is 3.62. The monoisotopic (exact) mass is 360 g/mol. The van der Waals surface area contributed by atoms with E-state index >= 15 is 0 Å². The van der Waals surface area contributed by atoms with Crippen LogP contribution in [0, 0.1) is 13.8 Å². The fraction of sp³-hybridized carbons (Fsp3) is 0.320. The average Bonchev–Trinajstić information content (AvgIpc) is 2.58. The summed E-state index contributed by atoms with van der Waals surface area (Å²) in [5.74, 6) is -0.933. The lowest BCUT2D eigenvalue weighted by Gasteiger charge is -2.37. The maximum Gasteiger partial charge on any atom is 0.328 e. The Morgan fingerprint density at radius 2 is 1.41 bits per heavy atom. The smallest absolute Gasteiger partial charge is 0.328 e. The Bertz CT molecular complexity index is 972. The molecule has 0 bridgehead atoms. The Hall–Kier alpha value is -2.61. The third-order valence-electron chi connectivity index (χ3n) is 5.64. The van der Waals surface area contributed by atoms with Crippen molar-refractivity contribution in [3.05, 3.63) is 76.4 Å². The van der Waals surface area contributed by atoms with Crippen molar-refractivity contribution in [2.75, 3.05) is 0 Å². The molecule has 0 aliphatic heterocycles. The van der Waals surface area contributed by atoms with Gasteiger partial charge in [-0.15, -0.1) is 0 Å². The second-order valence-electron chi connectivity index (χ2n) is 8.74. The molecule has 0 atom stereocenters. The zero-order valence-corrected chi connectivity index (χ0v) is 17.1. The Kier molecular flexibility index (Phi) is 4.63. The van der Waals surface area contributed by atoms with Crippen molar-refractivity contribution in [2.24, 2.45) is 0 Å². The van der Waals surface area contributed by atoms with Crippen LogP contribution in [0.5, 0.6) is 0 Å². The zero-order valence-electron chi connectivity index (χ0n) is 17.1. The molecule has 0 aromatic heterocycles. The number of fused-ring (bicyclic) bond motifs is 1. The van der Waals surface area contributed by atoms with E-state index in [-0.39, 0.29) is 10.8 Å². The number of aryl methyl sites for hydroxylation is 2. The molecule has 0 saturated heterocycles. The zero-order chi connectivity index (χ0) is 20.0. The molecule has 0 amide bonds. The predicted octanol–water partition coefficient (Wildman–Crippen LogP) is 6.19. The van der Waals surface area contributed by atoms with Crippen molar-refractivity contribution >= 4 is 12.0 Å². The van der Waals surface area contributed by atoms with E-state index in [0.29, 0.717) is 0 Å². The second kappa shape index (κ2) is 6.53. The van der Waals surface area contributed by atoms with E-state index in [1.807, 2.05) is 6.07 Å². The summed E-state index contributed by atoms with van der Waals surface area (Å²) in [5, 5.41) is 8.91. The standard InChI is InChI=1S/C25H28O2/c1-16-7-8-18(9-10-23(26)27)14-19(16)20-15-22-21(13-17(20)2)24(3,4)11-12-25(22,5)6/h7-15H,1-6H3,(H,26,27)/b10-9+. The van der Waals surface area contributed by atoms with Crippen LogP contribution in [0.25, 0.3) is 17.2 Å². The van der Waals surface area contributed by atoms with Gasteiger partial charge in [-0.1, -0.05) is 58.0 Å². The van der Waals surface area contributed by atoms with Crippen molar-refractivity contribution in [3.8, 4) is 11.1 Å². The first-order valence-electron chi connectivity index (χ1n) is 9.39. The van der Waals surface area contributed by atoms with E-state index in [2.05, 4.69) is 78.0 Å². The topological polar surface area (TPSA) is 37.3 Å². The minimum atomic E-state index is -0.933. The molecule has 0 fully saturated rings. The van der Waals surface area contributed by atoms with Gasteiger partial charge in [0.2, 0.25) is 0 Å². The maximum absolute atomic E-state index is 10.8. The normalized spacial score (nSPS) is 17.1. The van der Waals surface area contributed by atoms with E-state index in [1.54, 1.807) is 6.08 Å². The Morgan fingerprint density at radius 1 is 0.852 bits per heavy atom. The first-order valence-corrected chi connectivity index (χ1v) is 9.39. The van der Waals surface area contributed by atoms with Crippen molar-refractivity contribution in [1.29, 1.82) is 0 Å². The Labute approximate surface area is 162 Å². The molecule has 2 nitrogen and oxygen atoms in total. The van der Waals surface area contributed by atoms with Crippen molar-refractivity contribution in [3.63, 3.8) is 0 Å². The highest BCUT2D eigenvalue weighted by Gasteiger charge is 2.33. The number of carbonyl (C=O) groups is 1. The molecule has 2 aromatic rings. The molecule has 2 heteroatoms. The third-order valence-corrected chi connectivity index (χ3v) is 5.64. The summed E-state index contributed by atoms with van der Waals surface area (Å²) in [6.45, 7) is 13.3. The number of carboxylic acids is 1. The summed E-state index contributed by atoms with van der Waals surface area (Å²) in [7, 11) is 0. The Morgan fingerprint density at radius 3 is 2.00 bits per heavy atom. The van der Waals surface area contributed by atoms with Gasteiger partial charge in [0, 0.05) is 16.9 Å². The molecule has 0 heterocycles. The van der Waals surface area contributed by atoms with Gasteiger partial charge in [0.15, 0.2) is 0 Å². The molecule has 0 saturated carbocycles. The first kappa shape index (κ1) is 19.2. The highest BCUT2D eigenvalue weighted by Crippen LogP contribution is 2.44. The number of carboxylic acid groups (broad SMARTS) is 1. The van der Waals surface area contributed by atoms with Gasteiger partial charge in [-0.25, -0.2) is 4.79 Å². The number of benzene rings is 2. The molecule has 3 rings (SSSR count). The van der Waals surface area contributed by atoms with Gasteiger partial charge in [-0.05, 0) is 71.0 Å². The molecule has 1 aliphatic carbocycles. The van der Waals surface area contributed by atoms with Gasteiger partial charge in [-0.2, -0.15) is 0 Å². The molecule has 1 aliphatic rings. The Balaban J connectivity index is 2.20. The SMILES string of the molecule is Cc1ccc(/C=C/C(=O)O)cc1-c1cc2c(cc1C)C(C)(C)C=CC2(C)C. The molecule has 27 heavy (non-hydrogen) atoms. The van der Waals surface area contributed by atoms with Gasteiger partial charge in [0.05, 0.1) is 0 Å². The summed E-state index contributed by atoms with van der Waals surface area (Å²) in [4.78, 5) is 10.8. The van der Waals surface area contributed by atoms with E-state index < -0.39 is 5.97 Å². The van der Waals surface area contributed by atoms with Gasteiger partial charge < -0.3 is 5.11 Å². The van der Waals surface area contributed by atoms with Gasteiger partial charge in [0.1, 0.15) is 0 Å². The van der Waals surface area contributed by atoms with E-state index in [0.717, 1.165) is 11.1 Å². The predicted molar refractivity (Wildman–Crippen MR) is 113 cm³/mol. The van der Waals surface area contributed by atoms with Crippen LogP contribution in [0.4, 0.5) is 0 Å². The summed E-state index contributed by atoms with van der Waals surface area (Å²) >= 11 is 0. The molecule has 1 N–H and O–H groups in total. The minimum Gasteiger partial charge on any atom is -0.478 e. The van der Waals surface area contributed by atoms with E-state index in [9.17, 15) is 4.79 Å². The average molecular weight is 360 g/mol. The highest BCUT2D eigenvalue weighted by atomic mass is 16.4. The lowest BCUT2D eigenvalue weighted by molar-refractivity contribution is -0.131. The van der Waals surface area contributed by atoms with Crippen LogP contribution in [0.1, 0.15) is 55.5 Å². The van der Waals surface area contributed by atoms with E-state index in [4.69, 9.17) is 5.11 Å². The van der Waals surface area contributed by atoms with Gasteiger partial charge in [-0.3, -0.25) is 0 Å². The summed E-state index contributed by atoms with van der Waals surface area (Å²) in [5.41, 5.74) is 8.47. The fourth-order valence-electron chi connectivity index (χ4n) is 3.86. The number of hydrogen-bond donors (Lipinski definition) is 1. The van der Waals surface area contributed by atoms with Crippen molar-refractivity contribution < 1.29 is 9.90 Å². The summed E-state index contributed by atoms with van der Waals surface area (Å²) in [6, 6.07) is 10.8. The fourth-order valence-corrected chi connectivity index (χ4v) is 3.86. The largest absolute Gasteiger partial charge is 0.478 e. The number of hydrogen-bond acceptors (Lipinski definition) is 1. The molecular weight excluding hydrogens is 332 g/mol. The number of rotatable bonds is 3. The number of allylic oxidation sites excluding steroid dienone is 2. The van der Waals surface area contributed by atoms with Crippen molar-refractivity contribution in [1.82, 2.24) is 0 Å². The molecule has 2 aromatic carbocycles. The quantitative estimate of drug-likeness (QED) is 0.523. The molecule has 0 spiro atoms. The summed E-state index contributed by atoms with van der Waals surface area (Å²) in [6.07, 6.45) is 7.46. The lowest BCUT2D eigenvalue weighted by atomic mass is 9.67. The van der Waals surface area contributed by atoms with Crippen LogP contribution in [0.15, 0.2) is 48.6 Å². The van der Waals surface area contributed by atoms with Crippen LogP contribution in [-0.2, 0) is 15.6 Å². The molecule has 0 radical (unpaired) electrons. The molecular formula is C25H28O2. The van der Waals surface area contributed by atoms with Crippen LogP contribution >= 0.6 is 0 Å².